The lowest BCUT2D eigenvalue weighted by Crippen LogP contribution is -2.19. The molecule has 2 heteroatoms. The van der Waals surface area contributed by atoms with Gasteiger partial charge in [0.05, 0.1) is 11.3 Å². The Kier molecular flexibility index (Phi) is 8.41. The van der Waals surface area contributed by atoms with E-state index in [4.69, 9.17) is 0 Å². The molecule has 0 aliphatic carbocycles. The van der Waals surface area contributed by atoms with E-state index >= 15 is 0 Å². The van der Waals surface area contributed by atoms with Crippen LogP contribution < -0.4 is 9.80 Å². The van der Waals surface area contributed by atoms with Gasteiger partial charge in [0.2, 0.25) is 0 Å². The van der Waals surface area contributed by atoms with Gasteiger partial charge in [0.1, 0.15) is 0 Å². The normalized spacial score (nSPS) is 10.7. The number of hydrogen-bond donors (Lipinski definition) is 0. The van der Waals surface area contributed by atoms with E-state index < -0.39 is 0 Å². The van der Waals surface area contributed by atoms with Crippen LogP contribution in [-0.4, -0.2) is 20.6 Å². The fourth-order valence-electron chi connectivity index (χ4n) is 3.33. The second-order valence-electron chi connectivity index (χ2n) is 7.04. The quantitative estimate of drug-likeness (QED) is 0.330. The SMILES string of the molecule is C=C=C(c1c#cccc1)N(C)c1ccc(N(C)CC)c(/C(=C\C=C)CCCC)c1. The van der Waals surface area contributed by atoms with E-state index in [0.717, 1.165) is 42.8 Å². The molecule has 0 atom stereocenters. The van der Waals surface area contributed by atoms with Gasteiger partial charge in [0.15, 0.2) is 0 Å². The van der Waals surface area contributed by atoms with Crippen LogP contribution >= 0.6 is 0 Å². The van der Waals surface area contributed by atoms with Crippen LogP contribution in [0.3, 0.4) is 0 Å². The minimum absolute atomic E-state index is 0.882. The summed E-state index contributed by atoms with van der Waals surface area (Å²) in [5.41, 5.74) is 9.77. The minimum atomic E-state index is 0.882. The molecule has 0 unspecified atom stereocenters. The summed E-state index contributed by atoms with van der Waals surface area (Å²) in [5, 5.41) is 0. The summed E-state index contributed by atoms with van der Waals surface area (Å²) in [7, 11) is 4.18. The molecule has 29 heavy (non-hydrogen) atoms. The molecule has 0 fully saturated rings. The van der Waals surface area contributed by atoms with Crippen molar-refractivity contribution in [2.75, 3.05) is 30.4 Å². The summed E-state index contributed by atoms with van der Waals surface area (Å²) in [6.45, 7) is 13.2. The Morgan fingerprint density at radius 1 is 1.21 bits per heavy atom. The molecule has 0 amide bonds. The molecule has 0 saturated heterocycles. The Bertz CT molecular complexity index is 886. The van der Waals surface area contributed by atoms with E-state index in [1.807, 2.05) is 31.3 Å². The van der Waals surface area contributed by atoms with Gasteiger partial charge in [-0.25, -0.2) is 0 Å². The highest BCUT2D eigenvalue weighted by Crippen LogP contribution is 2.35. The van der Waals surface area contributed by atoms with Gasteiger partial charge in [-0.15, -0.1) is 5.73 Å². The topological polar surface area (TPSA) is 6.48 Å². The number of hydrogen-bond acceptors (Lipinski definition) is 2. The summed E-state index contributed by atoms with van der Waals surface area (Å²) in [6.07, 6.45) is 7.39. The Hall–Kier alpha value is -3.14. The third kappa shape index (κ3) is 5.44. The smallest absolute Gasteiger partial charge is 0.0995 e. The second-order valence-corrected chi connectivity index (χ2v) is 7.04. The zero-order chi connectivity index (χ0) is 21.2. The molecular formula is C27H32N2. The van der Waals surface area contributed by atoms with Crippen molar-refractivity contribution in [2.45, 2.75) is 33.1 Å². The predicted molar refractivity (Wildman–Crippen MR) is 128 cm³/mol. The van der Waals surface area contributed by atoms with Crippen LogP contribution in [0.1, 0.15) is 44.2 Å². The molecule has 2 nitrogen and oxygen atoms in total. The average molecular weight is 385 g/mol. The van der Waals surface area contributed by atoms with Crippen molar-refractivity contribution in [3.05, 3.63) is 90.7 Å². The number of benzene rings is 1. The van der Waals surface area contributed by atoms with E-state index in [1.54, 1.807) is 0 Å². The van der Waals surface area contributed by atoms with Gasteiger partial charge < -0.3 is 9.80 Å². The zero-order valence-electron chi connectivity index (χ0n) is 18.3. The summed E-state index contributed by atoms with van der Waals surface area (Å²) in [5.74, 6) is 0. The first-order valence-corrected chi connectivity index (χ1v) is 10.3. The van der Waals surface area contributed by atoms with E-state index in [1.165, 1.54) is 16.8 Å². The Morgan fingerprint density at radius 3 is 2.59 bits per heavy atom. The first kappa shape index (κ1) is 22.2. The highest BCUT2D eigenvalue weighted by molar-refractivity contribution is 5.84. The largest absolute Gasteiger partial charge is 0.374 e. The highest BCUT2D eigenvalue weighted by atomic mass is 15.1. The molecule has 0 bridgehead atoms. The van der Waals surface area contributed by atoms with Crippen LogP contribution in [0.5, 0.6) is 0 Å². The van der Waals surface area contributed by atoms with Gasteiger partial charge in [-0.3, -0.25) is 0 Å². The molecule has 0 saturated carbocycles. The number of anilines is 2. The predicted octanol–water partition coefficient (Wildman–Crippen LogP) is 6.76. The molecule has 2 rings (SSSR count). The molecular weight excluding hydrogens is 352 g/mol. The van der Waals surface area contributed by atoms with Crippen LogP contribution in [0.2, 0.25) is 0 Å². The maximum Gasteiger partial charge on any atom is 0.0995 e. The van der Waals surface area contributed by atoms with Gasteiger partial charge >= 0.3 is 0 Å². The zero-order valence-corrected chi connectivity index (χ0v) is 18.3. The lowest BCUT2D eigenvalue weighted by molar-refractivity contribution is 0.823. The fraction of sp³-hybridized carbons (Fsp3) is 0.296. The first-order chi connectivity index (χ1) is 14.1. The van der Waals surface area contributed by atoms with Crippen molar-refractivity contribution in [1.29, 1.82) is 0 Å². The summed E-state index contributed by atoms with van der Waals surface area (Å²) in [4.78, 5) is 4.39. The van der Waals surface area contributed by atoms with Crippen molar-refractivity contribution in [1.82, 2.24) is 0 Å². The van der Waals surface area contributed by atoms with Crippen molar-refractivity contribution < 1.29 is 0 Å². The van der Waals surface area contributed by atoms with Gasteiger partial charge in [0.25, 0.3) is 0 Å². The van der Waals surface area contributed by atoms with Gasteiger partial charge in [-0.05, 0) is 55.7 Å². The van der Waals surface area contributed by atoms with Crippen LogP contribution in [0, 0.1) is 12.1 Å². The molecule has 0 aromatic heterocycles. The highest BCUT2D eigenvalue weighted by Gasteiger charge is 2.15. The minimum Gasteiger partial charge on any atom is -0.374 e. The van der Waals surface area contributed by atoms with Crippen molar-refractivity contribution in [3.63, 3.8) is 0 Å². The molecule has 0 aliphatic heterocycles. The Balaban J connectivity index is 2.55. The van der Waals surface area contributed by atoms with Crippen molar-refractivity contribution in [3.8, 4) is 0 Å². The van der Waals surface area contributed by atoms with Crippen LogP contribution in [0.15, 0.2) is 67.4 Å². The monoisotopic (exact) mass is 384 g/mol. The summed E-state index contributed by atoms with van der Waals surface area (Å²) < 4.78 is 0. The van der Waals surface area contributed by atoms with Crippen molar-refractivity contribution >= 4 is 22.6 Å². The third-order valence-corrected chi connectivity index (χ3v) is 5.12. The molecule has 0 spiro atoms. The summed E-state index contributed by atoms with van der Waals surface area (Å²) in [6, 6.07) is 18.6. The Morgan fingerprint density at radius 2 is 2.00 bits per heavy atom. The second kappa shape index (κ2) is 11.0. The van der Waals surface area contributed by atoms with Crippen LogP contribution in [0.4, 0.5) is 11.4 Å². The maximum atomic E-state index is 3.94. The number of rotatable bonds is 10. The lowest BCUT2D eigenvalue weighted by atomic mass is 9.96. The van der Waals surface area contributed by atoms with Gasteiger partial charge in [-0.1, -0.05) is 56.9 Å². The van der Waals surface area contributed by atoms with Crippen molar-refractivity contribution in [2.24, 2.45) is 0 Å². The lowest BCUT2D eigenvalue weighted by Gasteiger charge is -2.26. The fourth-order valence-corrected chi connectivity index (χ4v) is 3.33. The van der Waals surface area contributed by atoms with E-state index in [-0.39, 0.29) is 0 Å². The van der Waals surface area contributed by atoms with Gasteiger partial charge in [0, 0.05) is 37.6 Å². The molecule has 0 aliphatic rings. The number of unbranched alkanes of at least 4 members (excludes halogenated alkanes) is 1. The van der Waals surface area contributed by atoms with E-state index in [2.05, 4.69) is 86.0 Å². The number of nitrogens with zero attached hydrogens (tertiary/aromatic N) is 2. The first-order valence-electron chi connectivity index (χ1n) is 10.3. The standard InChI is InChI=1S/C27H32N2/c1-7-11-16-22(15-8-2)25-21-24(19-20-27(25)28(5)10-4)29(6)26(9-3)23-17-13-12-14-18-23/h8,12-13,15,17,19-21H,2-3,7,10-11,16H2,1,4-6H3/b22-15-. The van der Waals surface area contributed by atoms with Crippen LogP contribution in [-0.2, 0) is 0 Å². The molecule has 0 radical (unpaired) electrons. The average Bonchev–Trinajstić information content (AvgIpc) is 2.77. The molecule has 0 N–H and O–H groups in total. The maximum absolute atomic E-state index is 3.94. The molecule has 0 heterocycles. The number of allylic oxidation sites excluding steroid dienone is 3. The molecule has 2 aromatic carbocycles. The molecule has 2 aromatic rings. The van der Waals surface area contributed by atoms with E-state index in [9.17, 15) is 0 Å². The molecule has 150 valence electrons. The van der Waals surface area contributed by atoms with E-state index in [0.29, 0.717) is 0 Å². The van der Waals surface area contributed by atoms with Crippen LogP contribution in [0.25, 0.3) is 11.3 Å². The third-order valence-electron chi connectivity index (χ3n) is 5.12. The van der Waals surface area contributed by atoms with Gasteiger partial charge in [-0.2, -0.15) is 0 Å². The Labute approximate surface area is 177 Å². The summed E-state index contributed by atoms with van der Waals surface area (Å²) >= 11 is 0.